The summed E-state index contributed by atoms with van der Waals surface area (Å²) in [5.41, 5.74) is -4.69. The summed E-state index contributed by atoms with van der Waals surface area (Å²) in [6.07, 6.45) is -12.2. The Morgan fingerprint density at radius 1 is 1.03 bits per heavy atom. The van der Waals surface area contributed by atoms with Gasteiger partial charge in [0, 0.05) is 6.07 Å². The SMILES string of the molecule is CCOC(=O)N1c2cc(OC)c(O)cc2CCC1(C)N(Cc1cc(C(F)(F)F)cc(C(F)(F)F)c1)C(=O)OC. The van der Waals surface area contributed by atoms with E-state index in [0.717, 1.165) is 16.9 Å². The number of hydrogen-bond donors (Lipinski definition) is 1. The number of halogens is 6. The van der Waals surface area contributed by atoms with E-state index in [1.54, 1.807) is 0 Å². The Labute approximate surface area is 219 Å². The molecule has 1 heterocycles. The summed E-state index contributed by atoms with van der Waals surface area (Å²) in [6.45, 7) is 2.06. The summed E-state index contributed by atoms with van der Waals surface area (Å²) < 4.78 is 96.0. The number of carbonyl (C=O) groups excluding carboxylic acids is 2. The van der Waals surface area contributed by atoms with E-state index in [2.05, 4.69) is 0 Å². The zero-order chi connectivity index (χ0) is 29.3. The van der Waals surface area contributed by atoms with Crippen molar-refractivity contribution in [2.24, 2.45) is 0 Å². The highest BCUT2D eigenvalue weighted by molar-refractivity contribution is 5.92. The van der Waals surface area contributed by atoms with Gasteiger partial charge in [0.05, 0.1) is 44.2 Å². The number of rotatable bonds is 5. The standard InChI is InChI=1S/C25H26F6N2O6/c1-5-39-22(36)33-18-12-20(37-3)19(34)10-15(18)6-7-23(33,2)32(21(35)38-4)13-14-8-16(24(26,27)28)11-17(9-14)25(29,30)31/h8-12,34H,5-7,13H2,1-4H3. The highest BCUT2D eigenvalue weighted by Crippen LogP contribution is 2.45. The molecule has 0 radical (unpaired) electrons. The van der Waals surface area contributed by atoms with Gasteiger partial charge in [-0.15, -0.1) is 0 Å². The van der Waals surface area contributed by atoms with Crippen molar-refractivity contribution in [1.29, 1.82) is 0 Å². The molecule has 0 aromatic heterocycles. The summed E-state index contributed by atoms with van der Waals surface area (Å²) in [6, 6.07) is 3.65. The molecule has 1 atom stereocenters. The summed E-state index contributed by atoms with van der Waals surface area (Å²) in [4.78, 5) is 28.2. The molecule has 1 unspecified atom stereocenters. The molecule has 1 aliphatic rings. The quantitative estimate of drug-likeness (QED) is 0.427. The number of nitrogens with zero attached hydrogens (tertiary/aromatic N) is 2. The first-order valence-corrected chi connectivity index (χ1v) is 11.6. The third-order valence-electron chi connectivity index (χ3n) is 6.39. The first-order chi connectivity index (χ1) is 18.1. The number of aryl methyl sites for hydroxylation is 1. The lowest BCUT2D eigenvalue weighted by Gasteiger charge is -2.50. The van der Waals surface area contributed by atoms with Crippen LogP contribution in [0.5, 0.6) is 11.5 Å². The van der Waals surface area contributed by atoms with Crippen LogP contribution in [0.4, 0.5) is 41.6 Å². The summed E-state index contributed by atoms with van der Waals surface area (Å²) in [5.74, 6) is -0.248. The predicted molar refractivity (Wildman–Crippen MR) is 125 cm³/mol. The Bertz CT molecular complexity index is 1220. The van der Waals surface area contributed by atoms with Crippen molar-refractivity contribution in [1.82, 2.24) is 4.90 Å². The molecular formula is C25H26F6N2O6. The molecule has 1 N–H and O–H groups in total. The molecule has 2 aromatic rings. The fourth-order valence-corrected chi connectivity index (χ4v) is 4.49. The molecule has 0 saturated carbocycles. The van der Waals surface area contributed by atoms with Crippen molar-refractivity contribution in [2.45, 2.75) is 51.2 Å². The zero-order valence-electron chi connectivity index (χ0n) is 21.4. The van der Waals surface area contributed by atoms with Gasteiger partial charge in [0.2, 0.25) is 0 Å². The van der Waals surface area contributed by atoms with Crippen molar-refractivity contribution in [2.75, 3.05) is 25.7 Å². The van der Waals surface area contributed by atoms with Crippen molar-refractivity contribution < 1.29 is 55.2 Å². The van der Waals surface area contributed by atoms with Crippen LogP contribution < -0.4 is 9.64 Å². The lowest BCUT2D eigenvalue weighted by molar-refractivity contribution is -0.143. The van der Waals surface area contributed by atoms with E-state index >= 15 is 0 Å². The van der Waals surface area contributed by atoms with E-state index in [4.69, 9.17) is 14.2 Å². The normalized spacial score (nSPS) is 17.3. The number of methoxy groups -OCH3 is 2. The Kier molecular flexibility index (Phi) is 8.18. The number of carbonyl (C=O) groups is 2. The van der Waals surface area contributed by atoms with Gasteiger partial charge in [-0.25, -0.2) is 9.59 Å². The largest absolute Gasteiger partial charge is 0.504 e. The van der Waals surface area contributed by atoms with Crippen LogP contribution in [0.25, 0.3) is 0 Å². The molecule has 3 rings (SSSR count). The van der Waals surface area contributed by atoms with Crippen LogP contribution in [0.3, 0.4) is 0 Å². The number of aromatic hydroxyl groups is 1. The minimum atomic E-state index is -5.10. The first kappa shape index (κ1) is 29.7. The number of ether oxygens (including phenoxy) is 3. The Hall–Kier alpha value is -3.84. The first-order valence-electron chi connectivity index (χ1n) is 11.6. The van der Waals surface area contributed by atoms with Crippen molar-refractivity contribution in [3.8, 4) is 11.5 Å². The molecule has 2 amide bonds. The van der Waals surface area contributed by atoms with Gasteiger partial charge in [-0.1, -0.05) is 0 Å². The van der Waals surface area contributed by atoms with E-state index in [9.17, 15) is 41.0 Å². The Morgan fingerprint density at radius 3 is 2.10 bits per heavy atom. The van der Waals surface area contributed by atoms with E-state index in [0.29, 0.717) is 17.7 Å². The third kappa shape index (κ3) is 5.93. The van der Waals surface area contributed by atoms with Crippen LogP contribution in [0.15, 0.2) is 30.3 Å². The van der Waals surface area contributed by atoms with E-state index in [1.807, 2.05) is 0 Å². The monoisotopic (exact) mass is 564 g/mol. The fourth-order valence-electron chi connectivity index (χ4n) is 4.49. The second-order valence-electron chi connectivity index (χ2n) is 8.87. The predicted octanol–water partition coefficient (Wildman–Crippen LogP) is 6.33. The average Bonchev–Trinajstić information content (AvgIpc) is 2.85. The number of phenols is 1. The molecule has 0 fully saturated rings. The molecule has 0 aliphatic carbocycles. The second-order valence-corrected chi connectivity index (χ2v) is 8.87. The van der Waals surface area contributed by atoms with Crippen LogP contribution in [0.1, 0.15) is 42.5 Å². The van der Waals surface area contributed by atoms with Gasteiger partial charge in [-0.05, 0) is 62.1 Å². The topological polar surface area (TPSA) is 88.5 Å². The average molecular weight is 564 g/mol. The van der Waals surface area contributed by atoms with Crippen LogP contribution >= 0.6 is 0 Å². The number of hydrogen-bond acceptors (Lipinski definition) is 6. The van der Waals surface area contributed by atoms with Crippen LogP contribution in [-0.2, 0) is 34.8 Å². The van der Waals surface area contributed by atoms with Gasteiger partial charge in [-0.2, -0.15) is 26.3 Å². The highest BCUT2D eigenvalue weighted by Gasteiger charge is 2.49. The van der Waals surface area contributed by atoms with E-state index in [-0.39, 0.29) is 42.7 Å². The molecular weight excluding hydrogens is 538 g/mol. The minimum Gasteiger partial charge on any atom is -0.504 e. The molecule has 8 nitrogen and oxygen atoms in total. The summed E-state index contributed by atoms with van der Waals surface area (Å²) in [7, 11) is 2.25. The van der Waals surface area contributed by atoms with Gasteiger partial charge in [-0.3, -0.25) is 9.80 Å². The second kappa shape index (κ2) is 10.7. The van der Waals surface area contributed by atoms with Gasteiger partial charge in [0.25, 0.3) is 0 Å². The van der Waals surface area contributed by atoms with E-state index in [1.165, 1.54) is 33.1 Å². The van der Waals surface area contributed by atoms with Crippen molar-refractivity contribution in [3.63, 3.8) is 0 Å². The molecule has 0 saturated heterocycles. The highest BCUT2D eigenvalue weighted by atomic mass is 19.4. The Morgan fingerprint density at radius 2 is 1.62 bits per heavy atom. The zero-order valence-corrected chi connectivity index (χ0v) is 21.4. The van der Waals surface area contributed by atoms with Crippen LogP contribution in [0.2, 0.25) is 0 Å². The molecule has 1 aliphatic heterocycles. The number of anilines is 1. The van der Waals surface area contributed by atoms with Gasteiger partial charge >= 0.3 is 24.5 Å². The van der Waals surface area contributed by atoms with Crippen LogP contribution in [0, 0.1) is 0 Å². The van der Waals surface area contributed by atoms with Gasteiger partial charge in [0.1, 0.15) is 5.66 Å². The summed E-state index contributed by atoms with van der Waals surface area (Å²) >= 11 is 0. The number of alkyl halides is 6. The molecule has 0 bridgehead atoms. The van der Waals surface area contributed by atoms with E-state index < -0.39 is 53.4 Å². The maximum Gasteiger partial charge on any atom is 0.416 e. The smallest absolute Gasteiger partial charge is 0.416 e. The molecule has 2 aromatic carbocycles. The number of phenolic OH excluding ortho intramolecular Hbond substituents is 1. The number of amides is 2. The maximum atomic E-state index is 13.5. The molecule has 39 heavy (non-hydrogen) atoms. The van der Waals surface area contributed by atoms with Crippen LogP contribution in [-0.4, -0.2) is 48.7 Å². The molecule has 14 heteroatoms. The molecule has 214 valence electrons. The lowest BCUT2D eigenvalue weighted by atomic mass is 9.90. The number of benzene rings is 2. The summed E-state index contributed by atoms with van der Waals surface area (Å²) in [5, 5.41) is 10.2. The maximum absolute atomic E-state index is 13.5. The Balaban J connectivity index is 2.21. The molecule has 0 spiro atoms. The third-order valence-corrected chi connectivity index (χ3v) is 6.39. The van der Waals surface area contributed by atoms with Gasteiger partial charge in [0.15, 0.2) is 11.5 Å². The lowest BCUT2D eigenvalue weighted by Crippen LogP contribution is -2.64. The number of fused-ring (bicyclic) bond motifs is 1. The van der Waals surface area contributed by atoms with Gasteiger partial charge < -0.3 is 19.3 Å². The van der Waals surface area contributed by atoms with Crippen molar-refractivity contribution >= 4 is 17.9 Å². The fraction of sp³-hybridized carbons (Fsp3) is 0.440. The minimum absolute atomic E-state index is 0.0196. The van der Waals surface area contributed by atoms with Crippen molar-refractivity contribution in [3.05, 3.63) is 52.6 Å².